The normalized spacial score (nSPS) is 10.8. The number of aromatic nitrogens is 2. The number of fused-ring (bicyclic) bond motifs is 1. The molecule has 3 aromatic rings. The third-order valence-electron chi connectivity index (χ3n) is 4.11. The number of hydrogen-bond donors (Lipinski definition) is 1. The number of ether oxygens (including phenoxy) is 1. The van der Waals surface area contributed by atoms with Gasteiger partial charge in [-0.3, -0.25) is 9.78 Å². The Morgan fingerprint density at radius 2 is 2.12 bits per heavy atom. The lowest BCUT2D eigenvalue weighted by Gasteiger charge is -2.07. The van der Waals surface area contributed by atoms with Crippen LogP contribution in [-0.4, -0.2) is 29.1 Å². The summed E-state index contributed by atoms with van der Waals surface area (Å²) in [7, 11) is 3.53. The topological polar surface area (TPSA) is 56.1 Å². The molecule has 0 fully saturated rings. The van der Waals surface area contributed by atoms with Crippen molar-refractivity contribution < 1.29 is 9.53 Å². The van der Waals surface area contributed by atoms with Gasteiger partial charge >= 0.3 is 0 Å². The summed E-state index contributed by atoms with van der Waals surface area (Å²) in [5, 5.41) is 4.01. The van der Waals surface area contributed by atoms with Crippen LogP contribution < -0.4 is 10.1 Å². The standard InChI is InChI=1S/C19H21N3O2/c1-22-17-13-16(24-2)9-8-14(17)12-18(22)19(23)21-11-5-7-15-6-3-4-10-20-15/h3-4,6,8-10,12-13H,5,7,11H2,1-2H3,(H,21,23). The predicted molar refractivity (Wildman–Crippen MR) is 94.4 cm³/mol. The number of carbonyl (C=O) groups is 1. The van der Waals surface area contributed by atoms with Gasteiger partial charge in [0.1, 0.15) is 11.4 Å². The van der Waals surface area contributed by atoms with E-state index in [2.05, 4.69) is 10.3 Å². The highest BCUT2D eigenvalue weighted by Gasteiger charge is 2.13. The molecule has 5 heteroatoms. The van der Waals surface area contributed by atoms with Crippen molar-refractivity contribution in [3.63, 3.8) is 0 Å². The minimum absolute atomic E-state index is 0.0614. The van der Waals surface area contributed by atoms with Crippen molar-refractivity contribution in [1.29, 1.82) is 0 Å². The number of pyridine rings is 1. The highest BCUT2D eigenvalue weighted by atomic mass is 16.5. The van der Waals surface area contributed by atoms with Gasteiger partial charge in [0, 0.05) is 36.9 Å². The Bertz CT molecular complexity index is 840. The lowest BCUT2D eigenvalue weighted by molar-refractivity contribution is 0.0945. The second-order valence-electron chi connectivity index (χ2n) is 5.69. The van der Waals surface area contributed by atoms with Crippen molar-refractivity contribution in [3.8, 4) is 5.75 Å². The molecule has 0 bridgehead atoms. The van der Waals surface area contributed by atoms with E-state index < -0.39 is 0 Å². The Balaban J connectivity index is 1.62. The van der Waals surface area contributed by atoms with Crippen LogP contribution in [0.3, 0.4) is 0 Å². The van der Waals surface area contributed by atoms with E-state index in [0.29, 0.717) is 12.2 Å². The van der Waals surface area contributed by atoms with Crippen LogP contribution in [0.2, 0.25) is 0 Å². The molecule has 0 aliphatic heterocycles. The van der Waals surface area contributed by atoms with Gasteiger partial charge in [0.2, 0.25) is 0 Å². The number of benzene rings is 1. The minimum atomic E-state index is -0.0614. The second kappa shape index (κ2) is 7.17. The molecule has 5 nitrogen and oxygen atoms in total. The molecule has 0 unspecified atom stereocenters. The highest BCUT2D eigenvalue weighted by molar-refractivity contribution is 5.98. The van der Waals surface area contributed by atoms with Gasteiger partial charge in [-0.15, -0.1) is 0 Å². The number of carbonyl (C=O) groups excluding carboxylic acids is 1. The van der Waals surface area contributed by atoms with Gasteiger partial charge in [0.15, 0.2) is 0 Å². The van der Waals surface area contributed by atoms with Crippen molar-refractivity contribution >= 4 is 16.8 Å². The van der Waals surface area contributed by atoms with Crippen molar-refractivity contribution in [2.75, 3.05) is 13.7 Å². The Kier molecular flexibility index (Phi) is 4.79. The third kappa shape index (κ3) is 3.40. The smallest absolute Gasteiger partial charge is 0.267 e. The molecule has 0 radical (unpaired) electrons. The molecule has 0 saturated heterocycles. The maximum absolute atomic E-state index is 12.4. The van der Waals surface area contributed by atoms with E-state index in [9.17, 15) is 4.79 Å². The molecule has 2 heterocycles. The first kappa shape index (κ1) is 16.1. The van der Waals surface area contributed by atoms with Crippen molar-refractivity contribution in [2.45, 2.75) is 12.8 Å². The van der Waals surface area contributed by atoms with Crippen LogP contribution in [0.25, 0.3) is 10.9 Å². The number of nitrogens with zero attached hydrogens (tertiary/aromatic N) is 2. The zero-order valence-corrected chi connectivity index (χ0v) is 14.0. The summed E-state index contributed by atoms with van der Waals surface area (Å²) >= 11 is 0. The molecule has 2 aromatic heterocycles. The summed E-state index contributed by atoms with van der Waals surface area (Å²) in [5.74, 6) is 0.722. The van der Waals surface area contributed by atoms with Crippen LogP contribution in [0.5, 0.6) is 5.75 Å². The predicted octanol–water partition coefficient (Wildman–Crippen LogP) is 2.94. The van der Waals surface area contributed by atoms with E-state index in [1.54, 1.807) is 13.3 Å². The first-order valence-electron chi connectivity index (χ1n) is 8.00. The number of hydrogen-bond acceptors (Lipinski definition) is 3. The average molecular weight is 323 g/mol. The number of aryl methyl sites for hydroxylation is 2. The monoisotopic (exact) mass is 323 g/mol. The van der Waals surface area contributed by atoms with Gasteiger partial charge in [-0.1, -0.05) is 6.07 Å². The number of methoxy groups -OCH3 is 1. The van der Waals surface area contributed by atoms with E-state index in [1.165, 1.54) is 0 Å². The SMILES string of the molecule is COc1ccc2cc(C(=O)NCCCc3ccccn3)n(C)c2c1. The fraction of sp³-hybridized carbons (Fsp3) is 0.263. The van der Waals surface area contributed by atoms with Gasteiger partial charge in [0.25, 0.3) is 5.91 Å². The fourth-order valence-electron chi connectivity index (χ4n) is 2.76. The van der Waals surface area contributed by atoms with Gasteiger partial charge in [-0.05, 0) is 43.2 Å². The molecule has 1 aromatic carbocycles. The molecule has 3 rings (SSSR count). The summed E-state index contributed by atoms with van der Waals surface area (Å²) in [6, 6.07) is 13.6. The molecule has 24 heavy (non-hydrogen) atoms. The molecule has 0 saturated carbocycles. The highest BCUT2D eigenvalue weighted by Crippen LogP contribution is 2.23. The molecule has 1 amide bonds. The summed E-state index contributed by atoms with van der Waals surface area (Å²) < 4.78 is 7.14. The minimum Gasteiger partial charge on any atom is -0.497 e. The van der Waals surface area contributed by atoms with Gasteiger partial charge < -0.3 is 14.6 Å². The van der Waals surface area contributed by atoms with E-state index in [0.717, 1.165) is 35.2 Å². The molecular weight excluding hydrogens is 302 g/mol. The maximum Gasteiger partial charge on any atom is 0.267 e. The van der Waals surface area contributed by atoms with Gasteiger partial charge in [0.05, 0.1) is 12.6 Å². The Labute approximate surface area is 141 Å². The van der Waals surface area contributed by atoms with E-state index in [4.69, 9.17) is 4.74 Å². The molecule has 0 aliphatic carbocycles. The van der Waals surface area contributed by atoms with E-state index >= 15 is 0 Å². The fourth-order valence-corrected chi connectivity index (χ4v) is 2.76. The lowest BCUT2D eigenvalue weighted by Crippen LogP contribution is -2.26. The first-order chi connectivity index (χ1) is 11.7. The quantitative estimate of drug-likeness (QED) is 0.710. The second-order valence-corrected chi connectivity index (χ2v) is 5.69. The molecule has 1 N–H and O–H groups in total. The zero-order chi connectivity index (χ0) is 16.9. The van der Waals surface area contributed by atoms with E-state index in [-0.39, 0.29) is 5.91 Å². The maximum atomic E-state index is 12.4. The molecular formula is C19H21N3O2. The van der Waals surface area contributed by atoms with Gasteiger partial charge in [-0.25, -0.2) is 0 Å². The van der Waals surface area contributed by atoms with Crippen molar-refractivity contribution in [2.24, 2.45) is 7.05 Å². The molecule has 0 aliphatic rings. The third-order valence-corrected chi connectivity index (χ3v) is 4.11. The number of nitrogens with one attached hydrogen (secondary N) is 1. The Morgan fingerprint density at radius 1 is 1.25 bits per heavy atom. The largest absolute Gasteiger partial charge is 0.497 e. The summed E-state index contributed by atoms with van der Waals surface area (Å²) in [5.41, 5.74) is 2.67. The van der Waals surface area contributed by atoms with Gasteiger partial charge in [-0.2, -0.15) is 0 Å². The van der Waals surface area contributed by atoms with Crippen molar-refractivity contribution in [3.05, 3.63) is 60.0 Å². The molecule has 0 spiro atoms. The summed E-state index contributed by atoms with van der Waals surface area (Å²) in [4.78, 5) is 16.7. The van der Waals surface area contributed by atoms with Crippen molar-refractivity contribution in [1.82, 2.24) is 14.9 Å². The zero-order valence-electron chi connectivity index (χ0n) is 14.0. The van der Waals surface area contributed by atoms with Crippen LogP contribution >= 0.6 is 0 Å². The lowest BCUT2D eigenvalue weighted by atomic mass is 10.2. The Morgan fingerprint density at radius 3 is 2.88 bits per heavy atom. The van der Waals surface area contributed by atoms with Crippen LogP contribution in [0, 0.1) is 0 Å². The van der Waals surface area contributed by atoms with Crippen LogP contribution in [-0.2, 0) is 13.5 Å². The van der Waals surface area contributed by atoms with Crippen LogP contribution in [0.4, 0.5) is 0 Å². The first-order valence-corrected chi connectivity index (χ1v) is 8.00. The molecule has 124 valence electrons. The number of rotatable bonds is 6. The van der Waals surface area contributed by atoms with Crippen LogP contribution in [0.15, 0.2) is 48.7 Å². The summed E-state index contributed by atoms with van der Waals surface area (Å²) in [6.07, 6.45) is 3.51. The number of amides is 1. The average Bonchev–Trinajstić information content (AvgIpc) is 2.95. The van der Waals surface area contributed by atoms with Crippen LogP contribution in [0.1, 0.15) is 22.6 Å². The Hall–Kier alpha value is -2.82. The molecule has 0 atom stereocenters. The van der Waals surface area contributed by atoms with E-state index in [1.807, 2.05) is 54.1 Å². The summed E-state index contributed by atoms with van der Waals surface area (Å²) in [6.45, 7) is 0.625.